The Morgan fingerprint density at radius 1 is 1.40 bits per heavy atom. The first-order valence-electron chi connectivity index (χ1n) is 6.66. The number of pyridine rings is 1. The summed E-state index contributed by atoms with van der Waals surface area (Å²) >= 11 is 6.07. The molecule has 2 unspecified atom stereocenters. The van der Waals surface area contributed by atoms with Crippen LogP contribution in [0.4, 0.5) is 5.82 Å². The molecule has 0 spiro atoms. The summed E-state index contributed by atoms with van der Waals surface area (Å²) in [4.78, 5) is 4.36. The predicted octanol–water partition coefficient (Wildman–Crippen LogP) is 2.15. The molecule has 0 radical (unpaired) electrons. The van der Waals surface area contributed by atoms with Crippen molar-refractivity contribution >= 4 is 27.4 Å². The highest BCUT2D eigenvalue weighted by atomic mass is 35.5. The summed E-state index contributed by atoms with van der Waals surface area (Å²) in [6.45, 7) is 0.829. The standard InChI is InChI=1S/C13H20ClN3O2S/c1-17(2)20(18,19)12-5-6-13(16-9-12)15-8-10-3-4-11(14)7-10/h5-6,9-11H,3-4,7-8H2,1-2H3,(H,15,16). The Bertz CT molecular complexity index is 545. The Hall–Kier alpha value is -0.850. The summed E-state index contributed by atoms with van der Waals surface area (Å²) in [5, 5.41) is 3.53. The largest absolute Gasteiger partial charge is 0.370 e. The Morgan fingerprint density at radius 3 is 2.65 bits per heavy atom. The minimum absolute atomic E-state index is 0.203. The summed E-state index contributed by atoms with van der Waals surface area (Å²) in [6, 6.07) is 3.27. The van der Waals surface area contributed by atoms with Gasteiger partial charge in [-0.05, 0) is 37.3 Å². The number of hydrogen-bond donors (Lipinski definition) is 1. The first-order chi connectivity index (χ1) is 9.39. The number of hydrogen-bond acceptors (Lipinski definition) is 4. The Morgan fingerprint density at radius 2 is 2.15 bits per heavy atom. The van der Waals surface area contributed by atoms with Gasteiger partial charge in [0.25, 0.3) is 0 Å². The molecule has 1 fully saturated rings. The van der Waals surface area contributed by atoms with E-state index < -0.39 is 10.0 Å². The second kappa shape index (κ2) is 6.28. The molecule has 20 heavy (non-hydrogen) atoms. The molecule has 0 aliphatic heterocycles. The van der Waals surface area contributed by atoms with Crippen LogP contribution in [0.5, 0.6) is 0 Å². The summed E-state index contributed by atoms with van der Waals surface area (Å²) < 4.78 is 25.0. The van der Waals surface area contributed by atoms with Gasteiger partial charge in [0.2, 0.25) is 10.0 Å². The van der Waals surface area contributed by atoms with Gasteiger partial charge in [-0.3, -0.25) is 0 Å². The first kappa shape index (κ1) is 15.5. The van der Waals surface area contributed by atoms with Crippen LogP contribution in [-0.4, -0.2) is 43.7 Å². The molecule has 2 rings (SSSR count). The van der Waals surface area contributed by atoms with Gasteiger partial charge in [0.15, 0.2) is 0 Å². The van der Waals surface area contributed by atoms with Gasteiger partial charge in [-0.25, -0.2) is 17.7 Å². The van der Waals surface area contributed by atoms with Crippen molar-refractivity contribution in [1.29, 1.82) is 0 Å². The molecule has 112 valence electrons. The van der Waals surface area contributed by atoms with Gasteiger partial charge in [0.1, 0.15) is 10.7 Å². The maximum absolute atomic E-state index is 11.9. The van der Waals surface area contributed by atoms with Crippen LogP contribution in [0.1, 0.15) is 19.3 Å². The van der Waals surface area contributed by atoms with Crippen molar-refractivity contribution in [2.45, 2.75) is 29.5 Å². The highest BCUT2D eigenvalue weighted by Gasteiger charge is 2.22. The number of aromatic nitrogens is 1. The van der Waals surface area contributed by atoms with E-state index in [1.807, 2.05) is 0 Å². The van der Waals surface area contributed by atoms with Crippen molar-refractivity contribution < 1.29 is 8.42 Å². The molecule has 7 heteroatoms. The lowest BCUT2D eigenvalue weighted by atomic mass is 10.1. The van der Waals surface area contributed by atoms with Crippen LogP contribution >= 0.6 is 11.6 Å². The van der Waals surface area contributed by atoms with Crippen LogP contribution in [-0.2, 0) is 10.0 Å². The monoisotopic (exact) mass is 317 g/mol. The van der Waals surface area contributed by atoms with E-state index in [1.54, 1.807) is 12.1 Å². The van der Waals surface area contributed by atoms with Crippen LogP contribution in [0, 0.1) is 5.92 Å². The number of nitrogens with one attached hydrogen (secondary N) is 1. The lowest BCUT2D eigenvalue weighted by Crippen LogP contribution is -2.22. The van der Waals surface area contributed by atoms with E-state index in [0.717, 1.165) is 25.8 Å². The molecule has 1 aromatic heterocycles. The topological polar surface area (TPSA) is 62.3 Å². The molecule has 0 aromatic carbocycles. The molecule has 5 nitrogen and oxygen atoms in total. The minimum atomic E-state index is -3.41. The van der Waals surface area contributed by atoms with E-state index in [1.165, 1.54) is 24.6 Å². The van der Waals surface area contributed by atoms with Gasteiger partial charge in [0, 0.05) is 32.2 Å². The zero-order valence-corrected chi connectivity index (χ0v) is 13.3. The third-order valence-electron chi connectivity index (χ3n) is 3.56. The van der Waals surface area contributed by atoms with Crippen molar-refractivity contribution in [3.8, 4) is 0 Å². The molecular weight excluding hydrogens is 298 g/mol. The summed E-state index contributed by atoms with van der Waals surface area (Å²) in [7, 11) is -0.398. The molecule has 1 heterocycles. The number of rotatable bonds is 5. The predicted molar refractivity (Wildman–Crippen MR) is 80.6 cm³/mol. The fourth-order valence-corrected chi connectivity index (χ4v) is 3.52. The normalized spacial score (nSPS) is 23.2. The number of nitrogens with zero attached hydrogens (tertiary/aromatic N) is 2. The van der Waals surface area contributed by atoms with Gasteiger partial charge < -0.3 is 5.32 Å². The van der Waals surface area contributed by atoms with Crippen molar-refractivity contribution in [2.75, 3.05) is 26.0 Å². The lowest BCUT2D eigenvalue weighted by molar-refractivity contribution is 0.520. The fourth-order valence-electron chi connectivity index (χ4n) is 2.30. The summed E-state index contributed by atoms with van der Waals surface area (Å²) in [5.74, 6) is 1.27. The highest BCUT2D eigenvalue weighted by molar-refractivity contribution is 7.89. The number of sulfonamides is 1. The molecule has 1 saturated carbocycles. The molecule has 1 aromatic rings. The average Bonchev–Trinajstić information content (AvgIpc) is 2.82. The van der Waals surface area contributed by atoms with Gasteiger partial charge in [-0.15, -0.1) is 11.6 Å². The fraction of sp³-hybridized carbons (Fsp3) is 0.615. The maximum atomic E-state index is 11.9. The Labute approximate surface area is 125 Å². The van der Waals surface area contributed by atoms with Crippen molar-refractivity contribution in [2.24, 2.45) is 5.92 Å². The van der Waals surface area contributed by atoms with E-state index in [0.29, 0.717) is 17.1 Å². The van der Waals surface area contributed by atoms with Crippen molar-refractivity contribution in [3.05, 3.63) is 18.3 Å². The van der Waals surface area contributed by atoms with Gasteiger partial charge in [-0.2, -0.15) is 0 Å². The molecule has 1 aliphatic carbocycles. The zero-order chi connectivity index (χ0) is 14.8. The number of alkyl halides is 1. The second-order valence-electron chi connectivity index (χ2n) is 5.32. The van der Waals surface area contributed by atoms with E-state index in [2.05, 4.69) is 10.3 Å². The number of halogens is 1. The van der Waals surface area contributed by atoms with Crippen molar-refractivity contribution in [1.82, 2.24) is 9.29 Å². The maximum Gasteiger partial charge on any atom is 0.244 e. The molecule has 0 bridgehead atoms. The summed E-state index contributed by atoms with van der Waals surface area (Å²) in [5.41, 5.74) is 0. The van der Waals surface area contributed by atoms with Crippen LogP contribution in [0.25, 0.3) is 0 Å². The van der Waals surface area contributed by atoms with E-state index in [4.69, 9.17) is 11.6 Å². The van der Waals surface area contributed by atoms with Crippen LogP contribution in [0.15, 0.2) is 23.2 Å². The van der Waals surface area contributed by atoms with Gasteiger partial charge >= 0.3 is 0 Å². The van der Waals surface area contributed by atoms with Gasteiger partial charge in [0.05, 0.1) is 0 Å². The smallest absolute Gasteiger partial charge is 0.244 e. The van der Waals surface area contributed by atoms with Crippen LogP contribution in [0.2, 0.25) is 0 Å². The molecule has 1 N–H and O–H groups in total. The third kappa shape index (κ3) is 3.62. The van der Waals surface area contributed by atoms with Gasteiger partial charge in [-0.1, -0.05) is 0 Å². The number of anilines is 1. The zero-order valence-electron chi connectivity index (χ0n) is 11.7. The first-order valence-corrected chi connectivity index (χ1v) is 8.54. The lowest BCUT2D eigenvalue weighted by Gasteiger charge is -2.13. The van der Waals surface area contributed by atoms with Crippen LogP contribution < -0.4 is 5.32 Å². The quantitative estimate of drug-likeness (QED) is 0.845. The van der Waals surface area contributed by atoms with E-state index in [9.17, 15) is 8.42 Å². The van der Waals surface area contributed by atoms with Crippen molar-refractivity contribution in [3.63, 3.8) is 0 Å². The molecule has 0 saturated heterocycles. The van der Waals surface area contributed by atoms with Crippen LogP contribution in [0.3, 0.4) is 0 Å². The minimum Gasteiger partial charge on any atom is -0.370 e. The molecule has 1 aliphatic rings. The van der Waals surface area contributed by atoms with E-state index in [-0.39, 0.29) is 4.90 Å². The SMILES string of the molecule is CN(C)S(=O)(=O)c1ccc(NCC2CCC(Cl)C2)nc1. The summed E-state index contributed by atoms with van der Waals surface area (Å²) in [6.07, 6.45) is 4.62. The molecule has 2 atom stereocenters. The third-order valence-corrected chi connectivity index (χ3v) is 5.76. The Kier molecular flexibility index (Phi) is 4.88. The second-order valence-corrected chi connectivity index (χ2v) is 8.09. The molecular formula is C13H20ClN3O2S. The average molecular weight is 318 g/mol. The van der Waals surface area contributed by atoms with E-state index >= 15 is 0 Å². The highest BCUT2D eigenvalue weighted by Crippen LogP contribution is 2.29. The Balaban J connectivity index is 1.95. The molecule has 0 amide bonds.